The molecule has 1 saturated carbocycles. The van der Waals surface area contributed by atoms with Crippen molar-refractivity contribution in [1.82, 2.24) is 10.6 Å². The number of hydrogen-bond donors (Lipinski definition) is 3. The van der Waals surface area contributed by atoms with Gasteiger partial charge in [0.05, 0.1) is 12.6 Å². The molecular weight excluding hydrogens is 252 g/mol. The predicted octanol–water partition coefficient (Wildman–Crippen LogP) is 2.25. The van der Waals surface area contributed by atoms with Gasteiger partial charge in [-0.15, -0.1) is 0 Å². The fourth-order valence-electron chi connectivity index (χ4n) is 2.57. The van der Waals surface area contributed by atoms with Crippen molar-refractivity contribution in [1.29, 1.82) is 0 Å². The van der Waals surface area contributed by atoms with E-state index in [2.05, 4.69) is 36.6 Å². The summed E-state index contributed by atoms with van der Waals surface area (Å²) in [7, 11) is 0. The summed E-state index contributed by atoms with van der Waals surface area (Å²) in [5.41, 5.74) is 1.28. The van der Waals surface area contributed by atoms with Crippen LogP contribution >= 0.6 is 0 Å². The zero-order valence-corrected chi connectivity index (χ0v) is 12.2. The highest BCUT2D eigenvalue weighted by molar-refractivity contribution is 5.75. The average molecular weight is 276 g/mol. The standard InChI is InChI=1S/C16H24N2O2/c1-11(2)8-13(10-19)17-16(20)18-15-9-14(15)12-6-4-3-5-7-12/h3-7,11,13-15,19H,8-10H2,1-2H3,(H2,17,18,20). The van der Waals surface area contributed by atoms with Crippen LogP contribution in [0.15, 0.2) is 30.3 Å². The van der Waals surface area contributed by atoms with E-state index in [9.17, 15) is 9.90 Å². The minimum atomic E-state index is -0.173. The third-order valence-corrected chi connectivity index (χ3v) is 3.65. The maximum atomic E-state index is 11.9. The van der Waals surface area contributed by atoms with Crippen LogP contribution in [0.25, 0.3) is 0 Å². The molecule has 2 rings (SSSR count). The number of amides is 2. The summed E-state index contributed by atoms with van der Waals surface area (Å²) in [6, 6.07) is 10.1. The lowest BCUT2D eigenvalue weighted by Gasteiger charge is -2.18. The van der Waals surface area contributed by atoms with Crippen LogP contribution in [-0.2, 0) is 0 Å². The van der Waals surface area contributed by atoms with Crippen LogP contribution < -0.4 is 10.6 Å². The van der Waals surface area contributed by atoms with Crippen molar-refractivity contribution >= 4 is 6.03 Å². The molecule has 3 atom stereocenters. The first-order valence-electron chi connectivity index (χ1n) is 7.33. The molecule has 1 aliphatic carbocycles. The van der Waals surface area contributed by atoms with E-state index in [0.29, 0.717) is 11.8 Å². The first-order chi connectivity index (χ1) is 9.60. The van der Waals surface area contributed by atoms with E-state index in [1.165, 1.54) is 5.56 Å². The van der Waals surface area contributed by atoms with Gasteiger partial charge in [-0.05, 0) is 24.3 Å². The molecule has 1 aliphatic rings. The van der Waals surface area contributed by atoms with E-state index in [-0.39, 0.29) is 24.7 Å². The SMILES string of the molecule is CC(C)CC(CO)NC(=O)NC1CC1c1ccccc1. The molecule has 2 amide bonds. The van der Waals surface area contributed by atoms with Crippen LogP contribution in [0.4, 0.5) is 4.79 Å². The van der Waals surface area contributed by atoms with Crippen LogP contribution in [0, 0.1) is 5.92 Å². The molecule has 4 nitrogen and oxygen atoms in total. The molecule has 0 heterocycles. The van der Waals surface area contributed by atoms with Gasteiger partial charge in [0, 0.05) is 12.0 Å². The molecule has 4 heteroatoms. The van der Waals surface area contributed by atoms with Crippen molar-refractivity contribution in [3.8, 4) is 0 Å². The van der Waals surface area contributed by atoms with E-state index in [4.69, 9.17) is 0 Å². The van der Waals surface area contributed by atoms with Crippen molar-refractivity contribution in [2.75, 3.05) is 6.61 Å². The molecule has 0 saturated heterocycles. The third kappa shape index (κ3) is 4.23. The van der Waals surface area contributed by atoms with Gasteiger partial charge >= 0.3 is 6.03 Å². The number of rotatable bonds is 6. The normalized spacial score (nSPS) is 22.4. The van der Waals surface area contributed by atoms with Gasteiger partial charge in [-0.3, -0.25) is 0 Å². The van der Waals surface area contributed by atoms with Crippen molar-refractivity contribution in [2.24, 2.45) is 5.92 Å². The molecule has 1 fully saturated rings. The second-order valence-electron chi connectivity index (χ2n) is 5.99. The smallest absolute Gasteiger partial charge is 0.315 e. The fraction of sp³-hybridized carbons (Fsp3) is 0.562. The largest absolute Gasteiger partial charge is 0.394 e. The second-order valence-corrected chi connectivity index (χ2v) is 5.99. The van der Waals surface area contributed by atoms with Crippen molar-refractivity contribution in [3.05, 3.63) is 35.9 Å². The molecule has 0 aromatic heterocycles. The summed E-state index contributed by atoms with van der Waals surface area (Å²) >= 11 is 0. The quantitative estimate of drug-likeness (QED) is 0.746. The summed E-state index contributed by atoms with van der Waals surface area (Å²) in [5.74, 6) is 0.880. The molecule has 1 aromatic rings. The number of nitrogens with one attached hydrogen (secondary N) is 2. The molecule has 0 aliphatic heterocycles. The molecular formula is C16H24N2O2. The van der Waals surface area contributed by atoms with Gasteiger partial charge in [0.25, 0.3) is 0 Å². The number of carbonyl (C=O) groups excluding carboxylic acids is 1. The maximum absolute atomic E-state index is 11.9. The summed E-state index contributed by atoms with van der Waals surface area (Å²) in [6.07, 6.45) is 1.78. The zero-order valence-electron chi connectivity index (χ0n) is 12.2. The Hall–Kier alpha value is -1.55. The highest BCUT2D eigenvalue weighted by Crippen LogP contribution is 2.40. The number of hydrogen-bond acceptors (Lipinski definition) is 2. The topological polar surface area (TPSA) is 61.4 Å². The van der Waals surface area contributed by atoms with Gasteiger partial charge in [0.15, 0.2) is 0 Å². The van der Waals surface area contributed by atoms with Gasteiger partial charge < -0.3 is 15.7 Å². The van der Waals surface area contributed by atoms with Gasteiger partial charge in [-0.25, -0.2) is 4.79 Å². The van der Waals surface area contributed by atoms with E-state index in [1.54, 1.807) is 0 Å². The van der Waals surface area contributed by atoms with Crippen molar-refractivity contribution in [2.45, 2.75) is 44.7 Å². The van der Waals surface area contributed by atoms with Crippen molar-refractivity contribution in [3.63, 3.8) is 0 Å². The molecule has 110 valence electrons. The van der Waals surface area contributed by atoms with E-state index >= 15 is 0 Å². The summed E-state index contributed by atoms with van der Waals surface area (Å²) in [4.78, 5) is 11.9. The van der Waals surface area contributed by atoms with Gasteiger partial charge in [-0.1, -0.05) is 44.2 Å². The highest BCUT2D eigenvalue weighted by Gasteiger charge is 2.39. The molecule has 3 unspecified atom stereocenters. The summed E-state index contributed by atoms with van der Waals surface area (Å²) < 4.78 is 0. The Labute approximate surface area is 120 Å². The molecule has 3 N–H and O–H groups in total. The van der Waals surface area contributed by atoms with Crippen LogP contribution in [0.2, 0.25) is 0 Å². The van der Waals surface area contributed by atoms with E-state index in [0.717, 1.165) is 12.8 Å². The lowest BCUT2D eigenvalue weighted by molar-refractivity contribution is 0.206. The Morgan fingerprint density at radius 2 is 2.05 bits per heavy atom. The van der Waals surface area contributed by atoms with Crippen LogP contribution in [0.1, 0.15) is 38.2 Å². The highest BCUT2D eigenvalue weighted by atomic mass is 16.3. The van der Waals surface area contributed by atoms with Gasteiger partial charge in [0.1, 0.15) is 0 Å². The van der Waals surface area contributed by atoms with Gasteiger partial charge in [0.2, 0.25) is 0 Å². The summed E-state index contributed by atoms with van der Waals surface area (Å²) in [6.45, 7) is 4.14. The Kier molecular flexibility index (Phi) is 5.01. The average Bonchev–Trinajstić information content (AvgIpc) is 3.17. The third-order valence-electron chi connectivity index (χ3n) is 3.65. The number of benzene rings is 1. The van der Waals surface area contributed by atoms with Crippen molar-refractivity contribution < 1.29 is 9.90 Å². The first-order valence-corrected chi connectivity index (χ1v) is 7.33. The second kappa shape index (κ2) is 6.75. The Balaban J connectivity index is 1.76. The van der Waals surface area contributed by atoms with Gasteiger partial charge in [-0.2, -0.15) is 0 Å². The van der Waals surface area contributed by atoms with E-state index in [1.807, 2.05) is 18.2 Å². The Morgan fingerprint density at radius 3 is 2.65 bits per heavy atom. The fourth-order valence-corrected chi connectivity index (χ4v) is 2.57. The monoisotopic (exact) mass is 276 g/mol. The molecule has 0 radical (unpaired) electrons. The number of aliphatic hydroxyl groups is 1. The first kappa shape index (κ1) is 14.9. The minimum Gasteiger partial charge on any atom is -0.394 e. The zero-order chi connectivity index (χ0) is 14.5. The molecule has 0 spiro atoms. The molecule has 1 aromatic carbocycles. The predicted molar refractivity (Wildman–Crippen MR) is 79.6 cm³/mol. The Bertz CT molecular complexity index is 433. The minimum absolute atomic E-state index is 0.0155. The van der Waals surface area contributed by atoms with E-state index < -0.39 is 0 Å². The van der Waals surface area contributed by atoms with Crippen LogP contribution in [0.5, 0.6) is 0 Å². The Morgan fingerprint density at radius 1 is 1.35 bits per heavy atom. The maximum Gasteiger partial charge on any atom is 0.315 e. The van der Waals surface area contributed by atoms with Crippen LogP contribution in [-0.4, -0.2) is 29.8 Å². The lowest BCUT2D eigenvalue weighted by Crippen LogP contribution is -2.45. The number of carbonyl (C=O) groups is 1. The molecule has 0 bridgehead atoms. The molecule has 20 heavy (non-hydrogen) atoms. The number of urea groups is 1. The summed E-state index contributed by atoms with van der Waals surface area (Å²) in [5, 5.41) is 15.1. The number of aliphatic hydroxyl groups excluding tert-OH is 1. The van der Waals surface area contributed by atoms with Crippen LogP contribution in [0.3, 0.4) is 0 Å². The lowest BCUT2D eigenvalue weighted by atomic mass is 10.0.